The highest BCUT2D eigenvalue weighted by Crippen LogP contribution is 2.36. The smallest absolute Gasteiger partial charge is 0.0342 e. The second-order valence-corrected chi connectivity index (χ2v) is 7.24. The molecule has 78 valence electrons. The molecule has 0 amide bonds. The quantitative estimate of drug-likeness (QED) is 0.408. The van der Waals surface area contributed by atoms with E-state index >= 15 is 0 Å². The number of rotatable bonds is 2. The van der Waals surface area contributed by atoms with Gasteiger partial charge in [-0.15, -0.1) is 0 Å². The molecule has 0 fully saturated rings. The highest BCUT2D eigenvalue weighted by atomic mass is 127. The van der Waals surface area contributed by atoms with E-state index in [1.165, 1.54) is 20.1 Å². The van der Waals surface area contributed by atoms with Gasteiger partial charge in [-0.25, -0.2) is 0 Å². The molecule has 0 aromatic heterocycles. The zero-order valence-corrected chi connectivity index (χ0v) is 13.8. The summed E-state index contributed by atoms with van der Waals surface area (Å²) in [6.45, 7) is 6.61. The van der Waals surface area contributed by atoms with Gasteiger partial charge in [-0.05, 0) is 36.1 Å². The van der Waals surface area contributed by atoms with E-state index in [1.807, 2.05) is 0 Å². The van der Waals surface area contributed by atoms with Gasteiger partial charge in [0.2, 0.25) is 0 Å². The van der Waals surface area contributed by atoms with Crippen molar-refractivity contribution in [3.05, 3.63) is 32.2 Å². The third kappa shape index (κ3) is 2.95. The first-order valence-electron chi connectivity index (χ1n) is 4.56. The Hall–Kier alpha value is 0.910. The molecule has 1 aromatic carbocycles. The van der Waals surface area contributed by atoms with Gasteiger partial charge in [0.15, 0.2) is 0 Å². The topological polar surface area (TPSA) is 0 Å². The van der Waals surface area contributed by atoms with Gasteiger partial charge in [0.05, 0.1) is 0 Å². The van der Waals surface area contributed by atoms with Gasteiger partial charge >= 0.3 is 0 Å². The molecule has 0 nitrogen and oxygen atoms in total. The van der Waals surface area contributed by atoms with Crippen LogP contribution in [0.4, 0.5) is 0 Å². The van der Waals surface area contributed by atoms with Crippen molar-refractivity contribution in [1.82, 2.24) is 0 Å². The lowest BCUT2D eigenvalue weighted by Gasteiger charge is -2.14. The molecule has 0 spiro atoms. The van der Waals surface area contributed by atoms with Gasteiger partial charge in [-0.3, -0.25) is 0 Å². The third-order valence-corrected chi connectivity index (χ3v) is 4.21. The molecule has 0 aliphatic rings. The van der Waals surface area contributed by atoms with Crippen LogP contribution in [0, 0.1) is 0 Å². The van der Waals surface area contributed by atoms with Crippen LogP contribution in [0.2, 0.25) is 0 Å². The van der Waals surface area contributed by atoms with Crippen molar-refractivity contribution in [2.24, 2.45) is 0 Å². The van der Waals surface area contributed by atoms with Crippen LogP contribution >= 0.6 is 54.5 Å². The summed E-state index contributed by atoms with van der Waals surface area (Å²) in [4.78, 5) is 0. The molecule has 0 radical (unpaired) electrons. The van der Waals surface area contributed by atoms with E-state index in [0.29, 0.717) is 9.84 Å². The summed E-state index contributed by atoms with van der Waals surface area (Å²) in [5.41, 5.74) is 2.71. The predicted octanol–water partition coefficient (Wildman–Crippen LogP) is 5.83. The first-order chi connectivity index (χ1) is 6.43. The average molecular weight is 432 g/mol. The second kappa shape index (κ2) is 5.30. The van der Waals surface area contributed by atoms with Crippen LogP contribution in [0.25, 0.3) is 0 Å². The van der Waals surface area contributed by atoms with Gasteiger partial charge in [-0.1, -0.05) is 68.3 Å². The minimum atomic E-state index is 0.527. The van der Waals surface area contributed by atoms with Crippen molar-refractivity contribution in [3.8, 4) is 0 Å². The maximum atomic E-state index is 3.63. The van der Waals surface area contributed by atoms with Gasteiger partial charge in [0.25, 0.3) is 0 Å². The van der Waals surface area contributed by atoms with Crippen LogP contribution < -0.4 is 0 Å². The molecule has 14 heavy (non-hydrogen) atoms. The summed E-state index contributed by atoms with van der Waals surface area (Å²) in [6, 6.07) is 4.44. The van der Waals surface area contributed by atoms with Crippen molar-refractivity contribution in [2.75, 3.05) is 0 Å². The van der Waals surface area contributed by atoms with Crippen molar-refractivity contribution in [3.63, 3.8) is 0 Å². The van der Waals surface area contributed by atoms with Gasteiger partial charge in [0.1, 0.15) is 0 Å². The van der Waals surface area contributed by atoms with E-state index in [2.05, 4.69) is 87.4 Å². The van der Waals surface area contributed by atoms with Crippen LogP contribution in [-0.4, -0.2) is 0 Å². The Morgan fingerprint density at radius 1 is 1.00 bits per heavy atom. The lowest BCUT2D eigenvalue weighted by Crippen LogP contribution is -1.93. The summed E-state index contributed by atoms with van der Waals surface area (Å²) in [5, 5.41) is 0. The Labute approximate surface area is 116 Å². The first kappa shape index (κ1) is 13.0. The Morgan fingerprint density at radius 3 is 1.86 bits per heavy atom. The summed E-state index contributed by atoms with van der Waals surface area (Å²) < 4.78 is 2.96. The molecule has 0 aliphatic heterocycles. The molecule has 0 bridgehead atoms. The summed E-state index contributed by atoms with van der Waals surface area (Å²) >= 11 is 9.68. The number of benzene rings is 1. The molecule has 1 atom stereocenters. The predicted molar refractivity (Wildman–Crippen MR) is 78.4 cm³/mol. The first-order valence-corrected chi connectivity index (χ1v) is 7.39. The van der Waals surface area contributed by atoms with Crippen molar-refractivity contribution >= 4 is 54.5 Å². The lowest BCUT2D eigenvalue weighted by molar-refractivity contribution is 0.857. The number of halogens is 3. The van der Waals surface area contributed by atoms with Crippen LogP contribution in [-0.2, 0) is 0 Å². The Kier molecular flexibility index (Phi) is 4.91. The number of hydrogen-bond acceptors (Lipinski definition) is 0. The zero-order chi connectivity index (χ0) is 10.9. The molecule has 1 aromatic rings. The molecule has 0 N–H and O–H groups in total. The molecular formula is C11H13Br2I. The minimum absolute atomic E-state index is 0.527. The fraction of sp³-hybridized carbons (Fsp3) is 0.455. The van der Waals surface area contributed by atoms with Crippen LogP contribution in [0.15, 0.2) is 21.1 Å². The number of hydrogen-bond donors (Lipinski definition) is 0. The lowest BCUT2D eigenvalue weighted by atomic mass is 10.0. The molecule has 0 saturated heterocycles. The van der Waals surface area contributed by atoms with E-state index < -0.39 is 0 Å². The molecule has 0 heterocycles. The molecular weight excluding hydrogens is 419 g/mol. The monoisotopic (exact) mass is 430 g/mol. The Balaban J connectivity index is 3.24. The summed E-state index contributed by atoms with van der Waals surface area (Å²) in [6.07, 6.45) is 0. The van der Waals surface area contributed by atoms with Crippen molar-refractivity contribution in [2.45, 2.75) is 30.6 Å². The zero-order valence-electron chi connectivity index (χ0n) is 8.44. The van der Waals surface area contributed by atoms with E-state index in [4.69, 9.17) is 0 Å². The molecule has 0 saturated carbocycles. The van der Waals surface area contributed by atoms with Gasteiger partial charge < -0.3 is 0 Å². The maximum Gasteiger partial charge on any atom is 0.0342 e. The highest BCUT2D eigenvalue weighted by Gasteiger charge is 2.11. The maximum absolute atomic E-state index is 3.63. The van der Waals surface area contributed by atoms with E-state index in [9.17, 15) is 0 Å². The van der Waals surface area contributed by atoms with Crippen LogP contribution in [0.3, 0.4) is 0 Å². The summed E-state index contributed by atoms with van der Waals surface area (Å²) in [5.74, 6) is 0.555. The van der Waals surface area contributed by atoms with E-state index in [1.54, 1.807) is 0 Å². The third-order valence-electron chi connectivity index (χ3n) is 2.17. The normalized spacial score (nSPS) is 13.4. The average Bonchev–Trinajstić information content (AvgIpc) is 2.07. The van der Waals surface area contributed by atoms with Gasteiger partial charge in [-0.2, -0.15) is 0 Å². The standard InChI is InChI=1S/C11H13Br2I/c1-6(2)8-4-11(13)9(7(3)14)5-10(8)12/h4-7H,1-3H3. The molecule has 1 unspecified atom stereocenters. The Morgan fingerprint density at radius 2 is 1.43 bits per heavy atom. The highest BCUT2D eigenvalue weighted by molar-refractivity contribution is 14.1. The van der Waals surface area contributed by atoms with Crippen LogP contribution in [0.1, 0.15) is 41.7 Å². The minimum Gasteiger partial charge on any atom is -0.0777 e. The van der Waals surface area contributed by atoms with E-state index in [0.717, 1.165) is 0 Å². The van der Waals surface area contributed by atoms with Crippen LogP contribution in [0.5, 0.6) is 0 Å². The van der Waals surface area contributed by atoms with E-state index in [-0.39, 0.29) is 0 Å². The SMILES string of the molecule is CC(C)c1cc(Br)c(C(C)I)cc1Br. The Bertz CT molecular complexity index is 299. The van der Waals surface area contributed by atoms with Crippen molar-refractivity contribution in [1.29, 1.82) is 0 Å². The number of alkyl halides is 1. The second-order valence-electron chi connectivity index (χ2n) is 3.67. The van der Waals surface area contributed by atoms with Gasteiger partial charge in [0, 0.05) is 12.9 Å². The van der Waals surface area contributed by atoms with Crippen molar-refractivity contribution < 1.29 is 0 Å². The largest absolute Gasteiger partial charge is 0.0777 e. The molecule has 0 aliphatic carbocycles. The molecule has 1 rings (SSSR count). The summed E-state index contributed by atoms with van der Waals surface area (Å²) in [7, 11) is 0. The molecule has 3 heteroatoms. The fourth-order valence-corrected chi connectivity index (χ4v) is 3.79. The fourth-order valence-electron chi connectivity index (χ4n) is 1.32.